The van der Waals surface area contributed by atoms with Gasteiger partial charge in [-0.2, -0.15) is 0 Å². The van der Waals surface area contributed by atoms with Crippen LogP contribution in [-0.2, 0) is 0 Å². The molecule has 1 aromatic heterocycles. The Kier molecular flexibility index (Phi) is 4.27. The first kappa shape index (κ1) is 15.9. The lowest BCUT2D eigenvalue weighted by Crippen LogP contribution is -2.57. The van der Waals surface area contributed by atoms with Gasteiger partial charge >= 0.3 is 12.2 Å². The Morgan fingerprint density at radius 2 is 1.92 bits per heavy atom. The van der Waals surface area contributed by atoms with E-state index in [0.717, 1.165) is 19.6 Å². The molecule has 8 heteroatoms. The van der Waals surface area contributed by atoms with Crippen molar-refractivity contribution < 1.29 is 18.7 Å². The number of hydrogen-bond donors (Lipinski definition) is 1. The average molecular weight is 344 g/mol. The lowest BCUT2D eigenvalue weighted by molar-refractivity contribution is 0.0620. The molecule has 0 spiro atoms. The molecule has 1 aromatic carbocycles. The van der Waals surface area contributed by atoms with E-state index in [1.54, 1.807) is 24.3 Å². The maximum atomic E-state index is 12.5. The van der Waals surface area contributed by atoms with Gasteiger partial charge in [-0.3, -0.25) is 4.79 Å². The van der Waals surface area contributed by atoms with E-state index in [1.807, 2.05) is 0 Å². The van der Waals surface area contributed by atoms with E-state index >= 15 is 0 Å². The molecule has 3 aliphatic rings. The number of methoxy groups -OCH3 is 1. The van der Waals surface area contributed by atoms with Gasteiger partial charge in [-0.15, -0.1) is 0 Å². The summed E-state index contributed by atoms with van der Waals surface area (Å²) < 4.78 is 15.3. The number of benzene rings is 1. The summed E-state index contributed by atoms with van der Waals surface area (Å²) in [5.41, 5.74) is 0.604. The normalized spacial score (nSPS) is 24.8. The van der Waals surface area contributed by atoms with Gasteiger partial charge in [-0.05, 0) is 56.1 Å². The highest BCUT2D eigenvalue weighted by atomic mass is 16.7. The molecule has 132 valence electrons. The second-order valence-electron chi connectivity index (χ2n) is 6.38. The van der Waals surface area contributed by atoms with Crippen molar-refractivity contribution in [3.63, 3.8) is 0 Å². The lowest BCUT2D eigenvalue weighted by atomic mass is 9.84. The average Bonchev–Trinajstić information content (AvgIpc) is 3.11. The molecule has 1 N–H and O–H groups in total. The van der Waals surface area contributed by atoms with Crippen molar-refractivity contribution in [1.82, 2.24) is 20.4 Å². The summed E-state index contributed by atoms with van der Waals surface area (Å²) in [7, 11) is 1.43. The van der Waals surface area contributed by atoms with Crippen LogP contribution in [0.25, 0.3) is 0 Å². The van der Waals surface area contributed by atoms with Gasteiger partial charge in [0.1, 0.15) is 5.75 Å². The molecule has 0 aliphatic carbocycles. The van der Waals surface area contributed by atoms with Crippen molar-refractivity contribution in [3.05, 3.63) is 29.8 Å². The molecule has 3 aliphatic heterocycles. The van der Waals surface area contributed by atoms with E-state index in [-0.39, 0.29) is 24.1 Å². The summed E-state index contributed by atoms with van der Waals surface area (Å²) in [6, 6.07) is 7.08. The molecule has 5 rings (SSSR count). The quantitative estimate of drug-likeness (QED) is 0.883. The van der Waals surface area contributed by atoms with Gasteiger partial charge < -0.3 is 24.1 Å². The van der Waals surface area contributed by atoms with Crippen LogP contribution in [0, 0.1) is 5.92 Å². The molecule has 25 heavy (non-hydrogen) atoms. The van der Waals surface area contributed by atoms with Crippen LogP contribution in [0.5, 0.6) is 17.9 Å². The third-order valence-electron chi connectivity index (χ3n) is 4.86. The number of amides is 1. The van der Waals surface area contributed by atoms with E-state index in [1.165, 1.54) is 20.0 Å². The Labute approximate surface area is 145 Å². The van der Waals surface area contributed by atoms with Gasteiger partial charge in [0.25, 0.3) is 5.91 Å². The number of aromatic nitrogens is 2. The highest BCUT2D eigenvalue weighted by Gasteiger charge is 2.34. The molecule has 8 nitrogen and oxygen atoms in total. The number of nitrogens with zero attached hydrogens (tertiary/aromatic N) is 3. The van der Waals surface area contributed by atoms with E-state index in [9.17, 15) is 4.79 Å². The number of carbonyl (C=O) groups excluding carboxylic acids is 1. The molecule has 2 bridgehead atoms. The fourth-order valence-electron chi connectivity index (χ4n) is 3.48. The van der Waals surface area contributed by atoms with Crippen molar-refractivity contribution in [2.45, 2.75) is 18.9 Å². The number of piperidine rings is 3. The van der Waals surface area contributed by atoms with Crippen LogP contribution in [0.2, 0.25) is 0 Å². The third kappa shape index (κ3) is 3.43. The van der Waals surface area contributed by atoms with Gasteiger partial charge in [0.2, 0.25) is 0 Å². The number of rotatable bonds is 5. The molecule has 4 heterocycles. The Bertz CT molecular complexity index is 737. The van der Waals surface area contributed by atoms with Crippen molar-refractivity contribution in [3.8, 4) is 17.9 Å². The van der Waals surface area contributed by atoms with Crippen LogP contribution in [-0.4, -0.2) is 53.8 Å². The number of fused-ring (bicyclic) bond motifs is 3. The first-order valence-electron chi connectivity index (χ1n) is 8.40. The molecule has 3 fully saturated rings. The maximum absolute atomic E-state index is 12.5. The summed E-state index contributed by atoms with van der Waals surface area (Å²) in [6.45, 7) is 3.27. The Balaban J connectivity index is 1.37. The van der Waals surface area contributed by atoms with E-state index in [2.05, 4.69) is 20.4 Å². The zero-order valence-electron chi connectivity index (χ0n) is 14.0. The standard InChI is InChI=1S/C17H20N4O4/c1-23-16-19-20-17(25-16)24-13-4-2-12(3-5-13)15(22)18-14-10-21-8-6-11(14)7-9-21/h2-5,11,14H,6-10H2,1H3,(H,18,22). The van der Waals surface area contributed by atoms with Crippen LogP contribution in [0.3, 0.4) is 0 Å². The molecule has 3 saturated heterocycles. The largest absolute Gasteiger partial charge is 0.452 e. The smallest absolute Gasteiger partial charge is 0.422 e. The minimum atomic E-state index is -0.0511. The van der Waals surface area contributed by atoms with Gasteiger partial charge in [0.05, 0.1) is 7.11 Å². The predicted molar refractivity (Wildman–Crippen MR) is 87.8 cm³/mol. The number of ether oxygens (including phenoxy) is 2. The summed E-state index contributed by atoms with van der Waals surface area (Å²) in [5.74, 6) is 1.06. The maximum Gasteiger partial charge on any atom is 0.422 e. The molecule has 1 amide bonds. The van der Waals surface area contributed by atoms with Crippen molar-refractivity contribution >= 4 is 5.91 Å². The highest BCUT2D eigenvalue weighted by Crippen LogP contribution is 2.28. The summed E-state index contributed by atoms with van der Waals surface area (Å²) in [4.78, 5) is 14.9. The van der Waals surface area contributed by atoms with Gasteiger partial charge in [0.15, 0.2) is 0 Å². The zero-order chi connectivity index (χ0) is 17.2. The third-order valence-corrected chi connectivity index (χ3v) is 4.86. The summed E-state index contributed by atoms with van der Waals surface area (Å²) in [6.07, 6.45) is 2.36. The van der Waals surface area contributed by atoms with Crippen LogP contribution in [0.4, 0.5) is 0 Å². The SMILES string of the molecule is COc1nnc(Oc2ccc(C(=O)NC3CN4CCC3CC4)cc2)o1. The Morgan fingerprint density at radius 3 is 2.52 bits per heavy atom. The monoisotopic (exact) mass is 344 g/mol. The van der Waals surface area contributed by atoms with Crippen molar-refractivity contribution in [2.24, 2.45) is 5.92 Å². The van der Waals surface area contributed by atoms with Crippen molar-refractivity contribution in [1.29, 1.82) is 0 Å². The topological polar surface area (TPSA) is 89.7 Å². The Morgan fingerprint density at radius 1 is 1.20 bits per heavy atom. The number of nitrogens with one attached hydrogen (secondary N) is 1. The zero-order valence-corrected chi connectivity index (χ0v) is 14.0. The first-order chi connectivity index (χ1) is 12.2. The fourth-order valence-corrected chi connectivity index (χ4v) is 3.48. The van der Waals surface area contributed by atoms with Crippen LogP contribution in [0.15, 0.2) is 28.7 Å². The van der Waals surface area contributed by atoms with E-state index in [4.69, 9.17) is 13.9 Å². The van der Waals surface area contributed by atoms with E-state index < -0.39 is 0 Å². The van der Waals surface area contributed by atoms with Crippen molar-refractivity contribution in [2.75, 3.05) is 26.7 Å². The van der Waals surface area contributed by atoms with Crippen LogP contribution >= 0.6 is 0 Å². The minimum Gasteiger partial charge on any atom is -0.452 e. The summed E-state index contributed by atoms with van der Waals surface area (Å²) >= 11 is 0. The number of carbonyl (C=O) groups is 1. The molecule has 2 aromatic rings. The first-order valence-corrected chi connectivity index (χ1v) is 8.40. The molecule has 0 radical (unpaired) electrons. The molecule has 1 atom stereocenters. The van der Waals surface area contributed by atoms with Gasteiger partial charge in [-0.1, -0.05) is 10.2 Å². The van der Waals surface area contributed by atoms with Gasteiger partial charge in [0, 0.05) is 18.2 Å². The number of hydrogen-bond acceptors (Lipinski definition) is 7. The minimum absolute atomic E-state index is 0.0127. The molecular formula is C17H20N4O4. The molecular weight excluding hydrogens is 324 g/mol. The lowest BCUT2D eigenvalue weighted by Gasteiger charge is -2.44. The highest BCUT2D eigenvalue weighted by molar-refractivity contribution is 5.94. The Hall–Kier alpha value is -2.61. The van der Waals surface area contributed by atoms with Crippen LogP contribution < -0.4 is 14.8 Å². The van der Waals surface area contributed by atoms with Crippen LogP contribution in [0.1, 0.15) is 23.2 Å². The molecule has 0 saturated carbocycles. The van der Waals surface area contributed by atoms with E-state index in [0.29, 0.717) is 17.2 Å². The summed E-state index contributed by atoms with van der Waals surface area (Å²) in [5, 5.41) is 10.5. The van der Waals surface area contributed by atoms with Gasteiger partial charge in [-0.25, -0.2) is 0 Å². The second-order valence-corrected chi connectivity index (χ2v) is 6.38. The molecule has 1 unspecified atom stereocenters. The second kappa shape index (κ2) is 6.72. The predicted octanol–water partition coefficient (Wildman–Crippen LogP) is 1.69. The fraction of sp³-hybridized carbons (Fsp3) is 0.471.